The fraction of sp³-hybridized carbons (Fsp3) is 0.467. The normalized spacial score (nSPS) is 20.2. The lowest BCUT2D eigenvalue weighted by Gasteiger charge is -2.35. The van der Waals surface area contributed by atoms with Gasteiger partial charge in [0.1, 0.15) is 18.3 Å². The van der Waals surface area contributed by atoms with Crippen molar-refractivity contribution < 1.29 is 14.3 Å². The molecule has 0 spiro atoms. The Balaban J connectivity index is 2.40. The topological polar surface area (TPSA) is 58.6 Å². The van der Waals surface area contributed by atoms with Crippen molar-refractivity contribution in [3.8, 4) is 5.75 Å². The van der Waals surface area contributed by atoms with E-state index in [-0.39, 0.29) is 24.3 Å². The summed E-state index contributed by atoms with van der Waals surface area (Å²) in [6.45, 7) is 3.98. The van der Waals surface area contributed by atoms with E-state index >= 15 is 0 Å². The van der Waals surface area contributed by atoms with Gasteiger partial charge in [-0.25, -0.2) is 0 Å². The molecule has 1 aliphatic heterocycles. The van der Waals surface area contributed by atoms with Gasteiger partial charge in [-0.2, -0.15) is 0 Å². The highest BCUT2D eigenvalue weighted by Crippen LogP contribution is 2.33. The molecule has 1 N–H and O–H groups in total. The second-order valence-electron chi connectivity index (χ2n) is 5.17. The van der Waals surface area contributed by atoms with Gasteiger partial charge in [0.15, 0.2) is 0 Å². The standard InChI is InChI=1S/C15H19BrN2O3/c1-4-9(2)14-15(20)18(8-13(19)17-14)11-7-10(16)5-6-12(11)21-3/h5-7,9,14H,4,8H2,1-3H3,(H,17,19). The fourth-order valence-corrected chi connectivity index (χ4v) is 2.72. The smallest absolute Gasteiger partial charge is 0.250 e. The summed E-state index contributed by atoms with van der Waals surface area (Å²) in [5.74, 6) is 0.411. The van der Waals surface area contributed by atoms with Crippen LogP contribution in [0.15, 0.2) is 22.7 Å². The summed E-state index contributed by atoms with van der Waals surface area (Å²) in [7, 11) is 1.55. The molecule has 1 fully saturated rings. The Morgan fingerprint density at radius 3 is 2.81 bits per heavy atom. The molecule has 2 atom stereocenters. The van der Waals surface area contributed by atoms with Crippen LogP contribution in [0.2, 0.25) is 0 Å². The second-order valence-corrected chi connectivity index (χ2v) is 6.09. The number of methoxy groups -OCH3 is 1. The third-order valence-electron chi connectivity index (χ3n) is 3.79. The number of nitrogens with zero attached hydrogens (tertiary/aromatic N) is 1. The van der Waals surface area contributed by atoms with E-state index in [0.29, 0.717) is 11.4 Å². The molecular formula is C15H19BrN2O3. The van der Waals surface area contributed by atoms with E-state index in [2.05, 4.69) is 21.2 Å². The van der Waals surface area contributed by atoms with Crippen LogP contribution in [0.1, 0.15) is 20.3 Å². The summed E-state index contributed by atoms with van der Waals surface area (Å²) in [4.78, 5) is 26.1. The van der Waals surface area contributed by atoms with Crippen molar-refractivity contribution in [3.05, 3.63) is 22.7 Å². The maximum absolute atomic E-state index is 12.7. The summed E-state index contributed by atoms with van der Waals surface area (Å²) in [5, 5.41) is 2.79. The van der Waals surface area contributed by atoms with Crippen LogP contribution in [0.5, 0.6) is 5.75 Å². The Labute approximate surface area is 132 Å². The molecule has 2 unspecified atom stereocenters. The van der Waals surface area contributed by atoms with E-state index in [1.165, 1.54) is 4.90 Å². The monoisotopic (exact) mass is 354 g/mol. The van der Waals surface area contributed by atoms with Crippen LogP contribution in [-0.4, -0.2) is 31.5 Å². The highest BCUT2D eigenvalue weighted by atomic mass is 79.9. The van der Waals surface area contributed by atoms with E-state index in [1.807, 2.05) is 19.9 Å². The fourth-order valence-electron chi connectivity index (χ4n) is 2.37. The van der Waals surface area contributed by atoms with Gasteiger partial charge < -0.3 is 10.1 Å². The molecule has 2 rings (SSSR count). The Morgan fingerprint density at radius 1 is 1.48 bits per heavy atom. The van der Waals surface area contributed by atoms with Crippen molar-refractivity contribution >= 4 is 33.4 Å². The van der Waals surface area contributed by atoms with Gasteiger partial charge in [-0.15, -0.1) is 0 Å². The van der Waals surface area contributed by atoms with Crippen LogP contribution < -0.4 is 15.0 Å². The van der Waals surface area contributed by atoms with Crippen LogP contribution >= 0.6 is 15.9 Å². The molecule has 21 heavy (non-hydrogen) atoms. The Kier molecular flexibility index (Phi) is 4.88. The molecule has 1 aromatic rings. The van der Waals surface area contributed by atoms with Crippen molar-refractivity contribution in [2.24, 2.45) is 5.92 Å². The minimum atomic E-state index is -0.486. The molecule has 0 saturated carbocycles. The second kappa shape index (κ2) is 6.47. The van der Waals surface area contributed by atoms with Crippen molar-refractivity contribution in [1.82, 2.24) is 5.32 Å². The first-order valence-corrected chi connectivity index (χ1v) is 7.71. The first-order chi connectivity index (χ1) is 9.97. The Hall–Kier alpha value is -1.56. The van der Waals surface area contributed by atoms with Gasteiger partial charge in [-0.05, 0) is 24.1 Å². The van der Waals surface area contributed by atoms with Gasteiger partial charge in [0.2, 0.25) is 11.8 Å². The van der Waals surface area contributed by atoms with Crippen LogP contribution in [0.4, 0.5) is 5.69 Å². The molecular weight excluding hydrogens is 336 g/mol. The predicted molar refractivity (Wildman–Crippen MR) is 84.4 cm³/mol. The minimum Gasteiger partial charge on any atom is -0.495 e. The number of hydrogen-bond donors (Lipinski definition) is 1. The summed E-state index contributed by atoms with van der Waals surface area (Å²) in [6, 6.07) is 4.92. The maximum atomic E-state index is 12.7. The van der Waals surface area contributed by atoms with Gasteiger partial charge in [-0.1, -0.05) is 36.2 Å². The quantitative estimate of drug-likeness (QED) is 0.902. The van der Waals surface area contributed by atoms with Gasteiger partial charge in [0, 0.05) is 4.47 Å². The largest absolute Gasteiger partial charge is 0.495 e. The molecule has 0 aromatic heterocycles. The molecule has 1 aliphatic rings. The zero-order valence-corrected chi connectivity index (χ0v) is 13.9. The number of piperazine rings is 1. The molecule has 6 heteroatoms. The molecule has 5 nitrogen and oxygen atoms in total. The third-order valence-corrected chi connectivity index (χ3v) is 4.29. The first-order valence-electron chi connectivity index (χ1n) is 6.92. The van der Waals surface area contributed by atoms with Crippen LogP contribution in [0.3, 0.4) is 0 Å². The van der Waals surface area contributed by atoms with E-state index < -0.39 is 6.04 Å². The minimum absolute atomic E-state index is 0.0125. The van der Waals surface area contributed by atoms with E-state index in [1.54, 1.807) is 19.2 Å². The predicted octanol–water partition coefficient (Wildman–Crippen LogP) is 2.34. The lowest BCUT2D eigenvalue weighted by Crippen LogP contribution is -2.60. The Morgan fingerprint density at radius 2 is 2.19 bits per heavy atom. The highest BCUT2D eigenvalue weighted by Gasteiger charge is 2.37. The number of nitrogens with one attached hydrogen (secondary N) is 1. The number of amides is 2. The number of rotatable bonds is 4. The SMILES string of the molecule is CCC(C)C1NC(=O)CN(c2cc(Br)ccc2OC)C1=O. The lowest BCUT2D eigenvalue weighted by molar-refractivity contribution is -0.132. The molecule has 0 aliphatic carbocycles. The molecule has 1 saturated heterocycles. The average molecular weight is 355 g/mol. The summed E-state index contributed by atoms with van der Waals surface area (Å²) < 4.78 is 6.14. The van der Waals surface area contributed by atoms with E-state index in [4.69, 9.17) is 4.74 Å². The Bertz CT molecular complexity index is 562. The summed E-state index contributed by atoms with van der Waals surface area (Å²) in [6.07, 6.45) is 0.820. The van der Waals surface area contributed by atoms with Crippen molar-refractivity contribution in [3.63, 3.8) is 0 Å². The van der Waals surface area contributed by atoms with Gasteiger partial charge in [0.25, 0.3) is 0 Å². The van der Waals surface area contributed by atoms with E-state index in [0.717, 1.165) is 10.9 Å². The summed E-state index contributed by atoms with van der Waals surface area (Å²) >= 11 is 3.39. The molecule has 114 valence electrons. The lowest BCUT2D eigenvalue weighted by atomic mass is 9.96. The maximum Gasteiger partial charge on any atom is 0.250 e. The number of hydrogen-bond acceptors (Lipinski definition) is 3. The van der Waals surface area contributed by atoms with Crippen LogP contribution in [-0.2, 0) is 9.59 Å². The number of carbonyl (C=O) groups excluding carboxylic acids is 2. The zero-order chi connectivity index (χ0) is 15.6. The van der Waals surface area contributed by atoms with Gasteiger partial charge in [-0.3, -0.25) is 14.5 Å². The van der Waals surface area contributed by atoms with Crippen molar-refractivity contribution in [1.29, 1.82) is 0 Å². The van der Waals surface area contributed by atoms with Gasteiger partial charge >= 0.3 is 0 Å². The van der Waals surface area contributed by atoms with Crippen molar-refractivity contribution in [2.45, 2.75) is 26.3 Å². The van der Waals surface area contributed by atoms with Gasteiger partial charge in [0.05, 0.1) is 12.8 Å². The number of carbonyl (C=O) groups is 2. The molecule has 2 amide bonds. The molecule has 0 radical (unpaired) electrons. The molecule has 0 bridgehead atoms. The number of anilines is 1. The zero-order valence-electron chi connectivity index (χ0n) is 12.4. The highest BCUT2D eigenvalue weighted by molar-refractivity contribution is 9.10. The number of ether oxygens (including phenoxy) is 1. The third kappa shape index (κ3) is 3.20. The van der Waals surface area contributed by atoms with Crippen molar-refractivity contribution in [2.75, 3.05) is 18.6 Å². The first kappa shape index (κ1) is 15.8. The number of benzene rings is 1. The molecule has 1 heterocycles. The van der Waals surface area contributed by atoms with Crippen LogP contribution in [0.25, 0.3) is 0 Å². The number of halogens is 1. The summed E-state index contributed by atoms with van der Waals surface area (Å²) in [5.41, 5.74) is 0.611. The van der Waals surface area contributed by atoms with E-state index in [9.17, 15) is 9.59 Å². The molecule has 1 aromatic carbocycles. The van der Waals surface area contributed by atoms with Crippen LogP contribution in [0, 0.1) is 5.92 Å². The average Bonchev–Trinajstić information content (AvgIpc) is 2.48.